The van der Waals surface area contributed by atoms with Crippen LogP contribution in [0.5, 0.6) is 0 Å². The van der Waals surface area contributed by atoms with Gasteiger partial charge in [-0.3, -0.25) is 0 Å². The number of hydrogen-bond donors (Lipinski definition) is 2. The third-order valence-corrected chi connectivity index (χ3v) is 3.34. The number of nitrogens with one attached hydrogen (secondary N) is 2. The summed E-state index contributed by atoms with van der Waals surface area (Å²) < 4.78 is 0. The Morgan fingerprint density at radius 1 is 1.47 bits per heavy atom. The van der Waals surface area contributed by atoms with Gasteiger partial charge in [-0.2, -0.15) is 0 Å². The maximum atomic E-state index is 4.37. The second kappa shape index (κ2) is 6.93. The van der Waals surface area contributed by atoms with E-state index >= 15 is 0 Å². The highest BCUT2D eigenvalue weighted by Gasteiger charge is 2.07. The van der Waals surface area contributed by atoms with Crippen LogP contribution in [0.15, 0.2) is 6.20 Å². The molecule has 0 saturated carbocycles. The molecule has 1 aromatic rings. The fourth-order valence-electron chi connectivity index (χ4n) is 1.37. The first-order chi connectivity index (χ1) is 7.24. The van der Waals surface area contributed by atoms with Crippen LogP contribution in [0.4, 0.5) is 0 Å². The fourth-order valence-corrected chi connectivity index (χ4v) is 2.17. The van der Waals surface area contributed by atoms with Gasteiger partial charge >= 0.3 is 0 Å². The van der Waals surface area contributed by atoms with E-state index in [-0.39, 0.29) is 0 Å². The van der Waals surface area contributed by atoms with E-state index in [1.54, 1.807) is 11.3 Å². The minimum absolute atomic E-state index is 0.380. The summed E-state index contributed by atoms with van der Waals surface area (Å²) >= 11 is 1.77. The first-order valence-corrected chi connectivity index (χ1v) is 6.42. The third-order valence-electron chi connectivity index (χ3n) is 2.24. The maximum absolute atomic E-state index is 4.37. The number of thiazole rings is 1. The summed E-state index contributed by atoms with van der Waals surface area (Å²) in [5, 5.41) is 7.98. The topological polar surface area (TPSA) is 37.0 Å². The minimum Gasteiger partial charge on any atom is -0.317 e. The molecule has 0 aliphatic carbocycles. The molecule has 0 bridgehead atoms. The molecule has 0 amide bonds. The van der Waals surface area contributed by atoms with Crippen LogP contribution in [-0.2, 0) is 0 Å². The van der Waals surface area contributed by atoms with Crippen LogP contribution < -0.4 is 10.6 Å². The van der Waals surface area contributed by atoms with E-state index in [4.69, 9.17) is 0 Å². The Morgan fingerprint density at radius 3 is 2.87 bits per heavy atom. The Morgan fingerprint density at radius 2 is 2.27 bits per heavy atom. The van der Waals surface area contributed by atoms with E-state index in [2.05, 4.69) is 36.4 Å². The van der Waals surface area contributed by atoms with Gasteiger partial charge in [0.1, 0.15) is 5.01 Å². The molecule has 15 heavy (non-hydrogen) atoms. The summed E-state index contributed by atoms with van der Waals surface area (Å²) in [4.78, 5) is 5.65. The number of hydrogen-bond acceptors (Lipinski definition) is 4. The summed E-state index contributed by atoms with van der Waals surface area (Å²) in [6.45, 7) is 9.60. The summed E-state index contributed by atoms with van der Waals surface area (Å²) in [5.41, 5.74) is 0. The van der Waals surface area contributed by atoms with Gasteiger partial charge in [0.2, 0.25) is 0 Å². The standard InChI is InChI=1S/C11H21N3S/c1-4-12-6-5-7-13-10(3)11-14-8-9(2)15-11/h8,10,12-13H,4-7H2,1-3H3. The molecular formula is C11H21N3S. The predicted octanol–water partition coefficient (Wildman–Crippen LogP) is 2.10. The van der Waals surface area contributed by atoms with Gasteiger partial charge in [-0.05, 0) is 39.9 Å². The average Bonchev–Trinajstić information content (AvgIpc) is 2.64. The maximum Gasteiger partial charge on any atom is 0.109 e. The number of nitrogens with zero attached hydrogens (tertiary/aromatic N) is 1. The van der Waals surface area contributed by atoms with Crippen molar-refractivity contribution >= 4 is 11.3 Å². The number of aryl methyl sites for hydroxylation is 1. The van der Waals surface area contributed by atoms with Crippen molar-refractivity contribution in [1.82, 2.24) is 15.6 Å². The lowest BCUT2D eigenvalue weighted by Gasteiger charge is -2.10. The van der Waals surface area contributed by atoms with E-state index in [9.17, 15) is 0 Å². The van der Waals surface area contributed by atoms with Crippen molar-refractivity contribution in [2.24, 2.45) is 0 Å². The fraction of sp³-hybridized carbons (Fsp3) is 0.727. The van der Waals surface area contributed by atoms with Gasteiger partial charge in [-0.1, -0.05) is 6.92 Å². The van der Waals surface area contributed by atoms with Gasteiger partial charge < -0.3 is 10.6 Å². The van der Waals surface area contributed by atoms with Gasteiger partial charge in [0, 0.05) is 11.1 Å². The quantitative estimate of drug-likeness (QED) is 0.701. The van der Waals surface area contributed by atoms with Gasteiger partial charge in [0.05, 0.1) is 6.04 Å². The van der Waals surface area contributed by atoms with Crippen LogP contribution in [0.3, 0.4) is 0 Å². The summed E-state index contributed by atoms with van der Waals surface area (Å²) in [6.07, 6.45) is 3.11. The summed E-state index contributed by atoms with van der Waals surface area (Å²) in [5.74, 6) is 0. The van der Waals surface area contributed by atoms with E-state index < -0.39 is 0 Å². The highest BCUT2D eigenvalue weighted by Crippen LogP contribution is 2.18. The van der Waals surface area contributed by atoms with Crippen LogP contribution in [0, 0.1) is 6.92 Å². The molecule has 0 fully saturated rings. The molecule has 4 heteroatoms. The van der Waals surface area contributed by atoms with Gasteiger partial charge in [-0.25, -0.2) is 4.98 Å². The van der Waals surface area contributed by atoms with Crippen LogP contribution in [0.2, 0.25) is 0 Å². The largest absolute Gasteiger partial charge is 0.317 e. The van der Waals surface area contributed by atoms with Crippen LogP contribution >= 0.6 is 11.3 Å². The predicted molar refractivity (Wildman–Crippen MR) is 66.4 cm³/mol. The molecule has 0 aromatic carbocycles. The molecule has 86 valence electrons. The van der Waals surface area contributed by atoms with Crippen LogP contribution in [-0.4, -0.2) is 24.6 Å². The van der Waals surface area contributed by atoms with Gasteiger partial charge in [-0.15, -0.1) is 11.3 Å². The van der Waals surface area contributed by atoms with Crippen molar-refractivity contribution in [3.63, 3.8) is 0 Å². The Balaban J connectivity index is 2.16. The lowest BCUT2D eigenvalue weighted by atomic mass is 10.3. The van der Waals surface area contributed by atoms with Gasteiger partial charge in [0.15, 0.2) is 0 Å². The third kappa shape index (κ3) is 4.73. The van der Waals surface area contributed by atoms with E-state index in [0.717, 1.165) is 19.6 Å². The van der Waals surface area contributed by atoms with Gasteiger partial charge in [0.25, 0.3) is 0 Å². The molecule has 1 aromatic heterocycles. The second-order valence-electron chi connectivity index (χ2n) is 3.69. The highest BCUT2D eigenvalue weighted by molar-refractivity contribution is 7.11. The zero-order valence-electron chi connectivity index (χ0n) is 9.84. The molecule has 0 radical (unpaired) electrons. The molecule has 1 heterocycles. The zero-order chi connectivity index (χ0) is 11.1. The summed E-state index contributed by atoms with van der Waals surface area (Å²) in [6, 6.07) is 0.380. The van der Waals surface area contributed by atoms with Crippen LogP contribution in [0.25, 0.3) is 0 Å². The molecule has 0 aliphatic heterocycles. The van der Waals surface area contributed by atoms with E-state index in [1.165, 1.54) is 16.3 Å². The van der Waals surface area contributed by atoms with E-state index in [1.807, 2.05) is 6.20 Å². The second-order valence-corrected chi connectivity index (χ2v) is 4.96. The molecule has 0 saturated heterocycles. The SMILES string of the molecule is CCNCCCNC(C)c1ncc(C)s1. The van der Waals surface area contributed by atoms with E-state index in [0.29, 0.717) is 6.04 Å². The molecule has 2 N–H and O–H groups in total. The Labute approximate surface area is 96.3 Å². The van der Waals surface area contributed by atoms with Crippen molar-refractivity contribution in [2.75, 3.05) is 19.6 Å². The average molecular weight is 227 g/mol. The summed E-state index contributed by atoms with van der Waals surface area (Å²) in [7, 11) is 0. The van der Waals surface area contributed by atoms with Crippen molar-refractivity contribution in [2.45, 2.75) is 33.2 Å². The first-order valence-electron chi connectivity index (χ1n) is 5.60. The normalized spacial score (nSPS) is 13.0. The lowest BCUT2D eigenvalue weighted by Crippen LogP contribution is -2.24. The van der Waals surface area contributed by atoms with Crippen molar-refractivity contribution in [3.8, 4) is 0 Å². The molecule has 1 unspecified atom stereocenters. The monoisotopic (exact) mass is 227 g/mol. The molecule has 3 nitrogen and oxygen atoms in total. The molecule has 1 atom stereocenters. The zero-order valence-corrected chi connectivity index (χ0v) is 10.7. The molecule has 0 spiro atoms. The van der Waals surface area contributed by atoms with Crippen molar-refractivity contribution < 1.29 is 0 Å². The first kappa shape index (κ1) is 12.6. The Hall–Kier alpha value is -0.450. The Kier molecular flexibility index (Phi) is 5.83. The Bertz CT molecular complexity index is 273. The molecular weight excluding hydrogens is 206 g/mol. The highest BCUT2D eigenvalue weighted by atomic mass is 32.1. The molecule has 1 rings (SSSR count). The van der Waals surface area contributed by atoms with Crippen molar-refractivity contribution in [3.05, 3.63) is 16.1 Å². The van der Waals surface area contributed by atoms with Crippen molar-refractivity contribution in [1.29, 1.82) is 0 Å². The molecule has 0 aliphatic rings. The number of rotatable bonds is 7. The van der Waals surface area contributed by atoms with Crippen LogP contribution in [0.1, 0.15) is 36.2 Å². The lowest BCUT2D eigenvalue weighted by molar-refractivity contribution is 0.541. The smallest absolute Gasteiger partial charge is 0.109 e. The number of aromatic nitrogens is 1. The minimum atomic E-state index is 0.380.